The van der Waals surface area contributed by atoms with Gasteiger partial charge in [0.25, 0.3) is 0 Å². The standard InChI is InChI=1S/C16H19F5O3/c17-14(18)13(22,7-24-15(14,23)16(19,20)21)10-3-4-11-8-1-2-9(5-8)12(11)6-10/h1-2,8-12,22-23H,3-7H2. The monoisotopic (exact) mass is 354 g/mol. The summed E-state index contributed by atoms with van der Waals surface area (Å²) in [5, 5.41) is 19.9. The second-order valence-electron chi connectivity index (χ2n) is 7.72. The van der Waals surface area contributed by atoms with E-state index < -0.39 is 36.0 Å². The number of hydrogen-bond donors (Lipinski definition) is 2. The molecule has 0 aromatic heterocycles. The Labute approximate surface area is 135 Å². The number of hydrogen-bond acceptors (Lipinski definition) is 3. The lowest BCUT2D eigenvalue weighted by Gasteiger charge is -2.45. The van der Waals surface area contributed by atoms with Crippen LogP contribution in [-0.2, 0) is 4.74 Å². The molecule has 1 aliphatic heterocycles. The zero-order chi connectivity index (χ0) is 17.5. The molecule has 3 aliphatic carbocycles. The highest BCUT2D eigenvalue weighted by atomic mass is 19.4. The smallest absolute Gasteiger partial charge is 0.381 e. The predicted molar refractivity (Wildman–Crippen MR) is 71.9 cm³/mol. The first-order valence-electron chi connectivity index (χ1n) is 8.23. The van der Waals surface area contributed by atoms with E-state index in [1.165, 1.54) is 0 Å². The van der Waals surface area contributed by atoms with Crippen molar-refractivity contribution in [3.05, 3.63) is 12.2 Å². The Balaban J connectivity index is 1.61. The number of rotatable bonds is 1. The van der Waals surface area contributed by atoms with Gasteiger partial charge >= 0.3 is 17.9 Å². The minimum Gasteiger partial charge on any atom is -0.381 e. The van der Waals surface area contributed by atoms with Crippen molar-refractivity contribution in [1.29, 1.82) is 0 Å². The highest BCUT2D eigenvalue weighted by Crippen LogP contribution is 2.61. The van der Waals surface area contributed by atoms with E-state index in [0.717, 1.165) is 6.42 Å². The van der Waals surface area contributed by atoms with E-state index in [0.29, 0.717) is 18.3 Å². The molecule has 8 heteroatoms. The van der Waals surface area contributed by atoms with Crippen LogP contribution in [0.2, 0.25) is 0 Å². The fourth-order valence-corrected chi connectivity index (χ4v) is 5.40. The second-order valence-corrected chi connectivity index (χ2v) is 7.72. The summed E-state index contributed by atoms with van der Waals surface area (Å²) in [6.45, 7) is -1.22. The third kappa shape index (κ3) is 1.82. The van der Waals surface area contributed by atoms with Gasteiger partial charge < -0.3 is 14.9 Å². The summed E-state index contributed by atoms with van der Waals surface area (Å²) in [5.74, 6) is -9.34. The third-order valence-corrected chi connectivity index (χ3v) is 6.73. The molecule has 2 N–H and O–H groups in total. The number of halogens is 5. The Morgan fingerprint density at radius 2 is 1.58 bits per heavy atom. The maximum atomic E-state index is 14.5. The first-order valence-corrected chi connectivity index (χ1v) is 8.23. The molecule has 3 fully saturated rings. The van der Waals surface area contributed by atoms with Crippen molar-refractivity contribution in [1.82, 2.24) is 0 Å². The average Bonchev–Trinajstić information content (AvgIpc) is 3.16. The highest BCUT2D eigenvalue weighted by molar-refractivity contribution is 5.18. The molecule has 4 aliphatic rings. The van der Waals surface area contributed by atoms with Gasteiger partial charge in [0.1, 0.15) is 0 Å². The minimum atomic E-state index is -5.69. The van der Waals surface area contributed by atoms with Crippen molar-refractivity contribution in [2.45, 2.75) is 49.2 Å². The van der Waals surface area contributed by atoms with Gasteiger partial charge in [0.2, 0.25) is 0 Å². The molecule has 4 rings (SSSR count). The molecule has 1 saturated heterocycles. The van der Waals surface area contributed by atoms with Crippen molar-refractivity contribution in [2.24, 2.45) is 29.6 Å². The Morgan fingerprint density at radius 3 is 2.17 bits per heavy atom. The zero-order valence-electron chi connectivity index (χ0n) is 12.8. The van der Waals surface area contributed by atoms with Crippen LogP contribution in [-0.4, -0.2) is 40.3 Å². The SMILES string of the molecule is OC1(C2CCC3C4C=CC(C4)C3C2)COC(O)(C(F)(F)F)C1(F)F. The maximum absolute atomic E-state index is 14.5. The summed E-state index contributed by atoms with van der Waals surface area (Å²) in [6, 6.07) is 0. The largest absolute Gasteiger partial charge is 0.449 e. The average molecular weight is 354 g/mol. The summed E-state index contributed by atoms with van der Waals surface area (Å²) >= 11 is 0. The van der Waals surface area contributed by atoms with Gasteiger partial charge in [-0.1, -0.05) is 12.2 Å². The minimum absolute atomic E-state index is 0.109. The lowest BCUT2D eigenvalue weighted by molar-refractivity contribution is -0.411. The molecule has 7 atom stereocenters. The van der Waals surface area contributed by atoms with Crippen molar-refractivity contribution >= 4 is 0 Å². The molecule has 136 valence electrons. The molecule has 2 saturated carbocycles. The quantitative estimate of drug-likeness (QED) is 0.562. The van der Waals surface area contributed by atoms with Crippen LogP contribution in [0.15, 0.2) is 12.2 Å². The van der Waals surface area contributed by atoms with Crippen molar-refractivity contribution < 1.29 is 36.9 Å². The van der Waals surface area contributed by atoms with Crippen molar-refractivity contribution in [3.63, 3.8) is 0 Å². The molecule has 0 radical (unpaired) electrons. The fraction of sp³-hybridized carbons (Fsp3) is 0.875. The Morgan fingerprint density at radius 1 is 0.958 bits per heavy atom. The van der Waals surface area contributed by atoms with E-state index in [1.54, 1.807) is 0 Å². The molecule has 0 aromatic rings. The van der Waals surface area contributed by atoms with Gasteiger partial charge in [0.15, 0.2) is 5.60 Å². The summed E-state index contributed by atoms with van der Waals surface area (Å²) in [6.07, 6.45) is 0.502. The molecule has 3 nitrogen and oxygen atoms in total. The van der Waals surface area contributed by atoms with E-state index in [-0.39, 0.29) is 24.7 Å². The van der Waals surface area contributed by atoms with E-state index in [2.05, 4.69) is 10.8 Å². The second kappa shape index (κ2) is 4.71. The molecule has 7 unspecified atom stereocenters. The topological polar surface area (TPSA) is 49.7 Å². The number of ether oxygens (including phenoxy) is 1. The van der Waals surface area contributed by atoms with Crippen LogP contribution in [0.1, 0.15) is 25.7 Å². The predicted octanol–water partition coefficient (Wildman–Crippen LogP) is 2.87. The zero-order valence-corrected chi connectivity index (χ0v) is 12.8. The van der Waals surface area contributed by atoms with Crippen LogP contribution in [0.3, 0.4) is 0 Å². The number of alkyl halides is 5. The van der Waals surface area contributed by atoms with Crippen LogP contribution in [0.4, 0.5) is 22.0 Å². The van der Waals surface area contributed by atoms with Gasteiger partial charge in [-0.15, -0.1) is 0 Å². The number of aliphatic hydroxyl groups is 2. The number of allylic oxidation sites excluding steroid dienone is 2. The summed E-state index contributed by atoms with van der Waals surface area (Å²) in [5.41, 5.74) is -3.01. The van der Waals surface area contributed by atoms with Crippen LogP contribution in [0.5, 0.6) is 0 Å². The molecule has 0 amide bonds. The van der Waals surface area contributed by atoms with E-state index in [9.17, 15) is 32.2 Å². The van der Waals surface area contributed by atoms with Crippen LogP contribution < -0.4 is 0 Å². The fourth-order valence-electron chi connectivity index (χ4n) is 5.40. The Bertz CT molecular complexity index is 577. The van der Waals surface area contributed by atoms with E-state index >= 15 is 0 Å². The highest BCUT2D eigenvalue weighted by Gasteiger charge is 2.83. The van der Waals surface area contributed by atoms with Gasteiger partial charge in [0, 0.05) is 0 Å². The Hall–Kier alpha value is -0.730. The first-order chi connectivity index (χ1) is 11.0. The van der Waals surface area contributed by atoms with Crippen molar-refractivity contribution in [2.75, 3.05) is 6.61 Å². The first kappa shape index (κ1) is 16.7. The Kier molecular flexibility index (Phi) is 3.28. The normalized spacial score (nSPS) is 52.7. The summed E-state index contributed by atoms with van der Waals surface area (Å²) in [7, 11) is 0. The lowest BCUT2D eigenvalue weighted by atomic mass is 9.64. The molecule has 2 bridgehead atoms. The van der Waals surface area contributed by atoms with E-state index in [1.807, 2.05) is 6.08 Å². The van der Waals surface area contributed by atoms with Gasteiger partial charge in [-0.3, -0.25) is 0 Å². The lowest BCUT2D eigenvalue weighted by Crippen LogP contribution is -2.65. The molecule has 1 heterocycles. The molecular formula is C16H19F5O3. The third-order valence-electron chi connectivity index (χ3n) is 6.73. The van der Waals surface area contributed by atoms with Gasteiger partial charge in [0.05, 0.1) is 6.61 Å². The summed E-state index contributed by atoms with van der Waals surface area (Å²) < 4.78 is 71.8. The van der Waals surface area contributed by atoms with Gasteiger partial charge in [-0.25, -0.2) is 0 Å². The molecular weight excluding hydrogens is 335 g/mol. The molecule has 24 heavy (non-hydrogen) atoms. The van der Waals surface area contributed by atoms with Crippen LogP contribution >= 0.6 is 0 Å². The van der Waals surface area contributed by atoms with Crippen LogP contribution in [0.25, 0.3) is 0 Å². The maximum Gasteiger partial charge on any atom is 0.449 e. The summed E-state index contributed by atoms with van der Waals surface area (Å²) in [4.78, 5) is 0. The van der Waals surface area contributed by atoms with Gasteiger partial charge in [-0.2, -0.15) is 22.0 Å². The van der Waals surface area contributed by atoms with Crippen LogP contribution in [0, 0.1) is 29.6 Å². The molecule has 0 spiro atoms. The van der Waals surface area contributed by atoms with E-state index in [4.69, 9.17) is 0 Å². The molecule has 0 aromatic carbocycles. The van der Waals surface area contributed by atoms with Crippen molar-refractivity contribution in [3.8, 4) is 0 Å². The van der Waals surface area contributed by atoms with Gasteiger partial charge in [-0.05, 0) is 55.3 Å². The number of fused-ring (bicyclic) bond motifs is 5.